The first-order valence-electron chi connectivity index (χ1n) is 26.2. The van der Waals surface area contributed by atoms with Gasteiger partial charge in [0.1, 0.15) is 54.1 Å². The maximum Gasteiger partial charge on any atom is 0.326 e. The number of nitrogens with two attached hydrogens (primary N) is 2. The van der Waals surface area contributed by atoms with Crippen LogP contribution in [0.1, 0.15) is 82.5 Å². The number of carbonyl (C=O) groups is 10. The van der Waals surface area contributed by atoms with Crippen LogP contribution in [-0.2, 0) is 67.2 Å². The third kappa shape index (κ3) is 18.5. The molecule has 5 rings (SSSR count). The second-order valence-electron chi connectivity index (χ2n) is 20.3. The van der Waals surface area contributed by atoms with Crippen LogP contribution in [-0.4, -0.2) is 180 Å². The molecule has 79 heavy (non-hydrogen) atoms. The molecule has 2 aliphatic heterocycles. The summed E-state index contributed by atoms with van der Waals surface area (Å²) in [5.74, 6) is -8.40. The quantitative estimate of drug-likeness (QED) is 0.0376. The monoisotopic (exact) mass is 1120 g/mol. The third-order valence-corrected chi connectivity index (χ3v) is 14.2. The van der Waals surface area contributed by atoms with E-state index >= 15 is 0 Å². The van der Waals surface area contributed by atoms with E-state index in [1.54, 1.807) is 62.6 Å². The highest BCUT2D eigenvalue weighted by Crippen LogP contribution is 2.23. The Morgan fingerprint density at radius 3 is 1.80 bits per heavy atom. The standard InChI is InChI=1S/C53H74N12O13S/c1-29(2)22-40(53(77)78)62-47(71)39(26-43(55)68)61-50(74)44(30(3)66)63-49(73)42-13-9-20-65(42)52(76)36(18-21-79-4)58-45(69)37(24-31-10-6-5-7-11-31)59-46(70)38(25-33-27-56-28-57-33)60-48(72)41-12-8-19-64(41)51(75)35(54)23-32-14-16-34(67)17-15-32/h5-7,10-11,14-17,27-30,35-42,44,66-67H,8-9,12-13,18-26,54H2,1-4H3,(H2,55,68)(H,56,57)(H,58,69)(H,59,70)(H,60,72)(H,61,74)(H,62,71)(H,63,73)(H,77,78)/t30-,35+,36+,37+,38+,39+,40+,41+,42+,44+/m1/s1. The molecule has 26 heteroatoms. The van der Waals surface area contributed by atoms with Gasteiger partial charge in [-0.25, -0.2) is 9.78 Å². The Kier molecular flexibility index (Phi) is 23.6. The van der Waals surface area contributed by atoms with Gasteiger partial charge in [-0.2, -0.15) is 11.8 Å². The van der Waals surface area contributed by atoms with Crippen LogP contribution >= 0.6 is 11.8 Å². The number of phenols is 1. The predicted molar refractivity (Wildman–Crippen MR) is 289 cm³/mol. The van der Waals surface area contributed by atoms with Gasteiger partial charge in [-0.3, -0.25) is 43.2 Å². The fourth-order valence-electron chi connectivity index (χ4n) is 9.47. The SMILES string of the molecule is CSCC[C@H](NC(=O)[C@H](Cc1ccccc1)NC(=O)[C@H](Cc1cnc[nH]1)NC(=O)[C@@H]1CCCN1C(=O)[C@@H](N)Cc1ccc(O)cc1)C(=O)N1CCC[C@H]1C(=O)N[C@H](C(=O)N[C@@H](CC(N)=O)C(=O)N[C@@H](CC(C)C)C(=O)O)[C@@H](C)O. The van der Waals surface area contributed by atoms with Gasteiger partial charge < -0.3 is 73.5 Å². The van der Waals surface area contributed by atoms with E-state index in [1.807, 2.05) is 0 Å². The van der Waals surface area contributed by atoms with Crippen molar-refractivity contribution in [2.24, 2.45) is 17.4 Å². The number of amides is 9. The topological polar surface area (TPSA) is 391 Å². The number of hydrogen-bond donors (Lipinski definition) is 12. The number of aromatic nitrogens is 2. The number of aliphatic hydroxyl groups excluding tert-OH is 1. The summed E-state index contributed by atoms with van der Waals surface area (Å²) in [5, 5.41) is 45.5. The average Bonchev–Trinajstić information content (AvgIpc) is 4.24. The summed E-state index contributed by atoms with van der Waals surface area (Å²) in [5.41, 5.74) is 13.5. The van der Waals surface area contributed by atoms with Crippen molar-refractivity contribution in [3.8, 4) is 5.75 Å². The van der Waals surface area contributed by atoms with Crippen molar-refractivity contribution in [1.82, 2.24) is 51.7 Å². The van der Waals surface area contributed by atoms with Gasteiger partial charge in [0.2, 0.25) is 53.2 Å². The van der Waals surface area contributed by atoms with Crippen LogP contribution in [0.5, 0.6) is 5.75 Å². The highest BCUT2D eigenvalue weighted by molar-refractivity contribution is 7.98. The predicted octanol–water partition coefficient (Wildman–Crippen LogP) is -1.50. The summed E-state index contributed by atoms with van der Waals surface area (Å²) in [7, 11) is 0. The number of carbonyl (C=O) groups excluding carboxylic acids is 9. The van der Waals surface area contributed by atoms with Crippen LogP contribution < -0.4 is 43.4 Å². The summed E-state index contributed by atoms with van der Waals surface area (Å²) in [4.78, 5) is 146. The molecule has 25 nitrogen and oxygen atoms in total. The smallest absolute Gasteiger partial charge is 0.326 e. The molecule has 2 saturated heterocycles. The number of aliphatic hydroxyl groups is 1. The van der Waals surface area contributed by atoms with Gasteiger partial charge in [-0.05, 0) is 93.1 Å². The molecule has 14 N–H and O–H groups in total. The van der Waals surface area contributed by atoms with E-state index in [0.29, 0.717) is 35.4 Å². The number of aromatic amines is 1. The molecule has 0 saturated carbocycles. The molecule has 0 bridgehead atoms. The Labute approximate surface area is 461 Å². The molecule has 2 aromatic carbocycles. The number of imidazole rings is 1. The second kappa shape index (κ2) is 30.0. The number of H-pyrrole nitrogens is 1. The molecular weight excluding hydrogens is 1040 g/mol. The van der Waals surface area contributed by atoms with E-state index in [1.165, 1.54) is 53.1 Å². The van der Waals surface area contributed by atoms with Crippen molar-refractivity contribution in [3.63, 3.8) is 0 Å². The molecule has 0 unspecified atom stereocenters. The molecule has 3 heterocycles. The van der Waals surface area contributed by atoms with Crippen molar-refractivity contribution < 1.29 is 63.3 Å². The number of rotatable bonds is 29. The maximum absolute atomic E-state index is 14.6. The van der Waals surface area contributed by atoms with Crippen molar-refractivity contribution in [2.75, 3.05) is 25.1 Å². The average molecular weight is 1120 g/mol. The number of nitrogens with one attached hydrogen (secondary N) is 7. The van der Waals surface area contributed by atoms with E-state index in [2.05, 4.69) is 41.9 Å². The lowest BCUT2D eigenvalue weighted by Gasteiger charge is -2.31. The van der Waals surface area contributed by atoms with Gasteiger partial charge in [0.15, 0.2) is 0 Å². The first kappa shape index (κ1) is 62.3. The summed E-state index contributed by atoms with van der Waals surface area (Å²) in [6.07, 6.45) is 3.64. The second-order valence-corrected chi connectivity index (χ2v) is 21.3. The van der Waals surface area contributed by atoms with Crippen molar-refractivity contribution in [3.05, 3.63) is 83.9 Å². The largest absolute Gasteiger partial charge is 0.508 e. The van der Waals surface area contributed by atoms with Crippen molar-refractivity contribution in [2.45, 2.75) is 145 Å². The molecule has 2 aliphatic rings. The normalized spacial score (nSPS) is 18.2. The number of carboxylic acids is 1. The number of benzene rings is 2. The zero-order valence-electron chi connectivity index (χ0n) is 44.7. The molecule has 1 aromatic heterocycles. The zero-order chi connectivity index (χ0) is 57.9. The highest BCUT2D eigenvalue weighted by Gasteiger charge is 2.42. The van der Waals surface area contributed by atoms with Gasteiger partial charge in [0.25, 0.3) is 0 Å². The molecular formula is C53H74N12O13S. The number of aliphatic carboxylic acids is 1. The number of nitrogens with zero attached hydrogens (tertiary/aromatic N) is 3. The lowest BCUT2D eigenvalue weighted by molar-refractivity contribution is -0.143. The van der Waals surface area contributed by atoms with E-state index in [4.69, 9.17) is 11.5 Å². The first-order chi connectivity index (χ1) is 37.6. The molecule has 10 atom stereocenters. The maximum atomic E-state index is 14.6. The van der Waals surface area contributed by atoms with Gasteiger partial charge in [-0.15, -0.1) is 0 Å². The molecule has 0 spiro atoms. The zero-order valence-corrected chi connectivity index (χ0v) is 45.5. The number of hydrogen-bond acceptors (Lipinski definition) is 15. The molecule has 0 radical (unpaired) electrons. The van der Waals surface area contributed by atoms with Crippen LogP contribution in [0, 0.1) is 5.92 Å². The van der Waals surface area contributed by atoms with E-state index < -0.39 is 126 Å². The Morgan fingerprint density at radius 2 is 1.24 bits per heavy atom. The number of phenolic OH excluding ortho intramolecular Hbond substituents is 1. The molecule has 9 amide bonds. The number of likely N-dealkylation sites (tertiary alicyclic amines) is 2. The van der Waals surface area contributed by atoms with Gasteiger partial charge in [0.05, 0.1) is 24.9 Å². The first-order valence-corrected chi connectivity index (χ1v) is 27.6. The van der Waals surface area contributed by atoms with E-state index in [9.17, 15) is 63.3 Å². The summed E-state index contributed by atoms with van der Waals surface area (Å²) >= 11 is 1.39. The lowest BCUT2D eigenvalue weighted by Crippen LogP contribution is -2.62. The summed E-state index contributed by atoms with van der Waals surface area (Å²) < 4.78 is 0. The Morgan fingerprint density at radius 1 is 0.696 bits per heavy atom. The minimum atomic E-state index is -1.74. The number of primary amides is 1. The lowest BCUT2D eigenvalue weighted by atomic mass is 10.0. The Bertz CT molecular complexity index is 2590. The van der Waals surface area contributed by atoms with Crippen molar-refractivity contribution >= 4 is 70.9 Å². The van der Waals surface area contributed by atoms with Crippen LogP contribution in [0.2, 0.25) is 0 Å². The molecule has 2 fully saturated rings. The van der Waals surface area contributed by atoms with Gasteiger partial charge in [0, 0.05) is 37.8 Å². The van der Waals surface area contributed by atoms with Crippen LogP contribution in [0.25, 0.3) is 0 Å². The van der Waals surface area contributed by atoms with E-state index in [-0.39, 0.29) is 69.7 Å². The minimum Gasteiger partial charge on any atom is -0.508 e. The fraction of sp³-hybridized carbons (Fsp3) is 0.528. The van der Waals surface area contributed by atoms with Crippen LogP contribution in [0.4, 0.5) is 0 Å². The fourth-order valence-corrected chi connectivity index (χ4v) is 9.95. The summed E-state index contributed by atoms with van der Waals surface area (Å²) in [6.45, 7) is 4.96. The van der Waals surface area contributed by atoms with E-state index in [0.717, 1.165) is 0 Å². The number of carboxylic acid groups (broad SMARTS) is 1. The number of thioether (sulfide) groups is 1. The van der Waals surface area contributed by atoms with Crippen LogP contribution in [0.3, 0.4) is 0 Å². The van der Waals surface area contributed by atoms with Gasteiger partial charge in [-0.1, -0.05) is 56.3 Å². The molecule has 430 valence electrons. The Hall–Kier alpha value is -7.58. The highest BCUT2D eigenvalue weighted by atomic mass is 32.2. The minimum absolute atomic E-state index is 0.0250. The Balaban J connectivity index is 1.32. The molecule has 0 aliphatic carbocycles. The van der Waals surface area contributed by atoms with Crippen molar-refractivity contribution in [1.29, 1.82) is 0 Å². The third-order valence-electron chi connectivity index (χ3n) is 13.6. The number of aromatic hydroxyl groups is 1. The summed E-state index contributed by atoms with van der Waals surface area (Å²) in [6, 6.07) is 3.13. The molecule has 3 aromatic rings. The van der Waals surface area contributed by atoms with Crippen LogP contribution in [0.15, 0.2) is 67.1 Å². The van der Waals surface area contributed by atoms with Gasteiger partial charge >= 0.3 is 5.97 Å².